The van der Waals surface area contributed by atoms with Crippen LogP contribution in [0.3, 0.4) is 0 Å². The summed E-state index contributed by atoms with van der Waals surface area (Å²) in [4.78, 5) is 26.5. The second-order valence-electron chi connectivity index (χ2n) is 5.97. The number of amides is 1. The van der Waals surface area contributed by atoms with Crippen LogP contribution in [0.4, 0.5) is 23.2 Å². The number of nitrogens with one attached hydrogen (secondary N) is 2. The third-order valence-corrected chi connectivity index (χ3v) is 3.97. The Hall–Kier alpha value is -3.93. The monoisotopic (exact) mass is 401 g/mol. The van der Waals surface area contributed by atoms with Gasteiger partial charge in [-0.05, 0) is 42.0 Å². The number of nitrogens with zero attached hydrogens (tertiary/aromatic N) is 1. The molecule has 0 saturated heterocycles. The number of benzene rings is 2. The summed E-state index contributed by atoms with van der Waals surface area (Å²) in [5, 5.41) is 11.5. The molecule has 29 heavy (non-hydrogen) atoms. The van der Waals surface area contributed by atoms with Crippen molar-refractivity contribution in [2.75, 3.05) is 5.32 Å². The Morgan fingerprint density at radius 3 is 2.59 bits per heavy atom. The van der Waals surface area contributed by atoms with Crippen LogP contribution in [0.25, 0.3) is 17.0 Å². The summed E-state index contributed by atoms with van der Waals surface area (Å²) in [6.45, 7) is 0. The van der Waals surface area contributed by atoms with Gasteiger partial charge in [-0.1, -0.05) is 12.1 Å². The Bertz CT molecular complexity index is 1190. The molecule has 1 heterocycles. The van der Waals surface area contributed by atoms with Gasteiger partial charge in [0, 0.05) is 28.4 Å². The van der Waals surface area contributed by atoms with E-state index in [1.807, 2.05) is 0 Å². The summed E-state index contributed by atoms with van der Waals surface area (Å²) in [6.07, 6.45) is -2.51. The summed E-state index contributed by atoms with van der Waals surface area (Å²) in [5.41, 5.74) is 0.334. The van der Waals surface area contributed by atoms with Crippen LogP contribution in [0.15, 0.2) is 54.2 Å². The highest BCUT2D eigenvalue weighted by atomic mass is 19.4. The van der Waals surface area contributed by atoms with E-state index in [4.69, 9.17) is 0 Å². The summed E-state index contributed by atoms with van der Waals surface area (Å²) in [6, 6.07) is 10.8. The molecule has 0 unspecified atom stereocenters. The Kier molecular flexibility index (Phi) is 5.19. The number of halogens is 4. The van der Waals surface area contributed by atoms with E-state index in [1.54, 1.807) is 11.4 Å². The molecule has 0 radical (unpaired) electrons. The van der Waals surface area contributed by atoms with Crippen molar-refractivity contribution in [1.82, 2.24) is 4.98 Å². The topological polar surface area (TPSA) is 85.8 Å². The number of hydrogen-bond acceptors (Lipinski definition) is 3. The molecule has 5 nitrogen and oxygen atoms in total. The highest BCUT2D eigenvalue weighted by molar-refractivity contribution is 6.19. The highest BCUT2D eigenvalue weighted by Gasteiger charge is 2.38. The van der Waals surface area contributed by atoms with E-state index in [9.17, 15) is 32.4 Å². The molecule has 0 aliphatic rings. The molecule has 0 saturated carbocycles. The van der Waals surface area contributed by atoms with Crippen molar-refractivity contribution in [3.8, 4) is 6.07 Å². The van der Waals surface area contributed by atoms with Crippen molar-refractivity contribution >= 4 is 34.4 Å². The van der Waals surface area contributed by atoms with Gasteiger partial charge in [0.15, 0.2) is 0 Å². The van der Waals surface area contributed by atoms with Crippen molar-refractivity contribution in [3.05, 3.63) is 71.2 Å². The van der Waals surface area contributed by atoms with Crippen LogP contribution in [-0.2, 0) is 4.79 Å². The van der Waals surface area contributed by atoms with Crippen LogP contribution in [0, 0.1) is 17.1 Å². The molecule has 0 bridgehead atoms. The van der Waals surface area contributed by atoms with Crippen LogP contribution in [0.1, 0.15) is 15.9 Å². The summed E-state index contributed by atoms with van der Waals surface area (Å²) in [7, 11) is 0. The second-order valence-corrected chi connectivity index (χ2v) is 5.97. The number of aromatic amines is 1. The molecule has 2 aromatic carbocycles. The fraction of sp³-hybridized carbons (Fsp3) is 0.0500. The third-order valence-electron chi connectivity index (χ3n) is 3.97. The van der Waals surface area contributed by atoms with E-state index in [0.29, 0.717) is 10.9 Å². The molecule has 3 aromatic rings. The number of alkyl halides is 3. The standard InChI is InChI=1S/C20H11F4N3O2/c21-13-4-5-15-16(10-26-17(15)8-13)18(28)12(9-25)6-11-2-1-3-14(7-11)27-19(29)20(22,23)24/h1-8,10,26H,(H,27,29)/b12-6+. The van der Waals surface area contributed by atoms with Gasteiger partial charge >= 0.3 is 12.1 Å². The molecule has 0 atom stereocenters. The average Bonchev–Trinajstić information content (AvgIpc) is 3.08. The maximum atomic E-state index is 13.3. The predicted molar refractivity (Wildman–Crippen MR) is 97.3 cm³/mol. The number of H-pyrrole nitrogens is 1. The van der Waals surface area contributed by atoms with Gasteiger partial charge in [0.1, 0.15) is 17.5 Å². The maximum Gasteiger partial charge on any atom is 0.471 e. The fourth-order valence-corrected chi connectivity index (χ4v) is 2.65. The number of allylic oxidation sites excluding steroid dienone is 1. The molecular weight excluding hydrogens is 390 g/mol. The van der Waals surface area contributed by atoms with E-state index in [0.717, 1.165) is 0 Å². The average molecular weight is 401 g/mol. The number of nitriles is 1. The van der Waals surface area contributed by atoms with Crippen LogP contribution < -0.4 is 5.32 Å². The number of aromatic nitrogens is 1. The lowest BCUT2D eigenvalue weighted by atomic mass is 10.0. The molecule has 0 fully saturated rings. The SMILES string of the molecule is N#C/C(=C\c1cccc(NC(=O)C(F)(F)F)c1)C(=O)c1c[nH]c2cc(F)ccc12. The normalized spacial score (nSPS) is 11.9. The fourth-order valence-electron chi connectivity index (χ4n) is 2.65. The molecule has 1 aromatic heterocycles. The summed E-state index contributed by atoms with van der Waals surface area (Å²) in [5.74, 6) is -3.27. The van der Waals surface area contributed by atoms with Gasteiger partial charge in [-0.25, -0.2) is 4.39 Å². The Balaban J connectivity index is 1.91. The molecule has 0 spiro atoms. The molecule has 1 amide bonds. The smallest absolute Gasteiger partial charge is 0.360 e. The largest absolute Gasteiger partial charge is 0.471 e. The minimum atomic E-state index is -5.05. The number of anilines is 1. The molecule has 9 heteroatoms. The van der Waals surface area contributed by atoms with E-state index in [-0.39, 0.29) is 22.4 Å². The number of hydrogen-bond donors (Lipinski definition) is 2. The highest BCUT2D eigenvalue weighted by Crippen LogP contribution is 2.24. The van der Waals surface area contributed by atoms with Crippen molar-refractivity contribution in [3.63, 3.8) is 0 Å². The number of fused-ring (bicyclic) bond motifs is 1. The van der Waals surface area contributed by atoms with Gasteiger partial charge in [0.05, 0.1) is 0 Å². The molecule has 0 aliphatic heterocycles. The zero-order chi connectivity index (χ0) is 21.2. The minimum absolute atomic E-state index is 0.145. The van der Waals surface area contributed by atoms with Gasteiger partial charge in [-0.15, -0.1) is 0 Å². The molecule has 0 aliphatic carbocycles. The van der Waals surface area contributed by atoms with Gasteiger partial charge < -0.3 is 10.3 Å². The Labute approximate surface area is 161 Å². The lowest BCUT2D eigenvalue weighted by Gasteiger charge is -2.08. The Morgan fingerprint density at radius 2 is 1.90 bits per heavy atom. The number of ketones is 1. The zero-order valence-corrected chi connectivity index (χ0v) is 14.5. The van der Waals surface area contributed by atoms with Gasteiger partial charge in [-0.2, -0.15) is 18.4 Å². The maximum absolute atomic E-state index is 13.3. The molecule has 3 rings (SSSR count). The first kappa shape index (κ1) is 19.8. The van der Waals surface area contributed by atoms with Crippen molar-refractivity contribution in [2.45, 2.75) is 6.18 Å². The van der Waals surface area contributed by atoms with Crippen LogP contribution in [-0.4, -0.2) is 22.9 Å². The van der Waals surface area contributed by atoms with Crippen molar-refractivity contribution in [1.29, 1.82) is 5.26 Å². The van der Waals surface area contributed by atoms with Gasteiger partial charge in [0.2, 0.25) is 5.78 Å². The molecular formula is C20H11F4N3O2. The Morgan fingerprint density at radius 1 is 1.14 bits per heavy atom. The number of Topliss-reactive ketones (excluding diaryl/α,β-unsaturated/α-hetero) is 1. The van der Waals surface area contributed by atoms with Gasteiger partial charge in [-0.3, -0.25) is 9.59 Å². The first-order chi connectivity index (χ1) is 13.7. The van der Waals surface area contributed by atoms with Crippen LogP contribution in [0.5, 0.6) is 0 Å². The number of rotatable bonds is 4. The summed E-state index contributed by atoms with van der Waals surface area (Å²) >= 11 is 0. The molecule has 2 N–H and O–H groups in total. The van der Waals surface area contributed by atoms with Crippen molar-refractivity contribution < 1.29 is 27.2 Å². The lowest BCUT2D eigenvalue weighted by Crippen LogP contribution is -2.29. The number of carbonyl (C=O) groups is 2. The van der Waals surface area contributed by atoms with Crippen LogP contribution in [0.2, 0.25) is 0 Å². The van der Waals surface area contributed by atoms with E-state index < -0.39 is 23.7 Å². The molecule has 146 valence electrons. The summed E-state index contributed by atoms with van der Waals surface area (Å²) < 4.78 is 50.4. The van der Waals surface area contributed by atoms with Crippen molar-refractivity contribution in [2.24, 2.45) is 0 Å². The first-order valence-electron chi connectivity index (χ1n) is 8.10. The minimum Gasteiger partial charge on any atom is -0.360 e. The van der Waals surface area contributed by atoms with Gasteiger partial charge in [0.25, 0.3) is 0 Å². The third kappa shape index (κ3) is 4.32. The first-order valence-corrected chi connectivity index (χ1v) is 8.10. The van der Waals surface area contributed by atoms with E-state index in [1.165, 1.54) is 54.7 Å². The van der Waals surface area contributed by atoms with Crippen LogP contribution >= 0.6 is 0 Å². The van der Waals surface area contributed by atoms with E-state index >= 15 is 0 Å². The quantitative estimate of drug-likeness (QED) is 0.290. The predicted octanol–water partition coefficient (Wildman–Crippen LogP) is 4.60. The number of carbonyl (C=O) groups excluding carboxylic acids is 2. The zero-order valence-electron chi connectivity index (χ0n) is 14.5. The second kappa shape index (κ2) is 7.59. The lowest BCUT2D eigenvalue weighted by molar-refractivity contribution is -0.167. The van der Waals surface area contributed by atoms with E-state index in [2.05, 4.69) is 4.98 Å².